The van der Waals surface area contributed by atoms with Gasteiger partial charge in [0, 0.05) is 10.8 Å². The summed E-state index contributed by atoms with van der Waals surface area (Å²) in [7, 11) is 0. The van der Waals surface area contributed by atoms with Crippen molar-refractivity contribution in [2.24, 2.45) is 0 Å². The maximum absolute atomic E-state index is 11.4. The first-order valence-corrected chi connectivity index (χ1v) is 6.66. The molecule has 1 aliphatic rings. The van der Waals surface area contributed by atoms with Crippen molar-refractivity contribution in [1.82, 2.24) is 0 Å². The van der Waals surface area contributed by atoms with Gasteiger partial charge in [-0.25, -0.2) is 4.79 Å². The lowest BCUT2D eigenvalue weighted by Crippen LogP contribution is -2.16. The summed E-state index contributed by atoms with van der Waals surface area (Å²) >= 11 is 0. The van der Waals surface area contributed by atoms with Gasteiger partial charge in [0.1, 0.15) is 11.4 Å². The average molecular weight is 315 g/mol. The Morgan fingerprint density at radius 3 is 2.96 bits per heavy atom. The van der Waals surface area contributed by atoms with Gasteiger partial charge in [0.25, 0.3) is 5.69 Å². The van der Waals surface area contributed by atoms with Gasteiger partial charge in [0.05, 0.1) is 12.5 Å². The van der Waals surface area contributed by atoms with E-state index in [1.54, 1.807) is 36.4 Å². The first-order chi connectivity index (χ1) is 11.2. The highest BCUT2D eigenvalue weighted by atomic mass is 16.7. The van der Waals surface area contributed by atoms with Crippen LogP contribution in [-0.4, -0.2) is 33.6 Å². The van der Waals surface area contributed by atoms with Crippen LogP contribution < -0.4 is 5.48 Å². The van der Waals surface area contributed by atoms with Crippen molar-refractivity contribution in [3.63, 3.8) is 0 Å². The van der Waals surface area contributed by atoms with Crippen LogP contribution in [0.3, 0.4) is 0 Å². The molecule has 0 fully saturated rings. The number of rotatable bonds is 4. The predicted octanol–water partition coefficient (Wildman–Crippen LogP) is 2.59. The number of carbonyl (C=O) groups excluding carboxylic acids is 1. The lowest BCUT2D eigenvalue weighted by Gasteiger charge is -2.08. The van der Waals surface area contributed by atoms with Gasteiger partial charge in [-0.3, -0.25) is 15.9 Å². The molecule has 1 aliphatic carbocycles. The summed E-state index contributed by atoms with van der Waals surface area (Å²) in [5.41, 5.74) is 3.10. The number of hydrogen-bond acceptors (Lipinski definition) is 6. The van der Waals surface area contributed by atoms with Crippen molar-refractivity contribution in [2.75, 3.05) is 12.1 Å². The van der Waals surface area contributed by atoms with Crippen LogP contribution >= 0.6 is 0 Å². The molecule has 0 heterocycles. The molecule has 2 rings (SSSR count). The van der Waals surface area contributed by atoms with E-state index in [4.69, 9.17) is 16.4 Å². The Morgan fingerprint density at radius 1 is 1.43 bits per heavy atom. The molecule has 3 N–H and O–H groups in total. The monoisotopic (exact) mass is 315 g/mol. The van der Waals surface area contributed by atoms with Gasteiger partial charge in [-0.1, -0.05) is 24.1 Å². The molecule has 1 aromatic rings. The first-order valence-electron chi connectivity index (χ1n) is 6.66. The van der Waals surface area contributed by atoms with Gasteiger partial charge in [0.15, 0.2) is 6.61 Å². The smallest absolute Gasteiger partial charge is 0.421 e. The third kappa shape index (κ3) is 4.12. The van der Waals surface area contributed by atoms with Crippen molar-refractivity contribution in [3.8, 4) is 12.3 Å². The number of para-hydroxylation sites is 2. The minimum atomic E-state index is -0.929. The molecule has 7 nitrogen and oxygen atoms in total. The summed E-state index contributed by atoms with van der Waals surface area (Å²) in [6.45, 7) is -0.186. The SMILES string of the molecule is C#CCOC(=O)OC1=C/C(=[N+](\O)c2ccccc2NO)CC=C1. The number of allylic oxidation sites excluding steroid dienone is 3. The lowest BCUT2D eigenvalue weighted by atomic mass is 10.1. The number of terminal acetylenes is 1. The number of carbonyl (C=O) groups is 1. The quantitative estimate of drug-likeness (QED) is 0.260. The van der Waals surface area contributed by atoms with E-state index in [1.165, 1.54) is 6.08 Å². The number of ether oxygens (including phenoxy) is 2. The Morgan fingerprint density at radius 2 is 2.22 bits per heavy atom. The normalized spacial score (nSPS) is 15.2. The second-order valence-electron chi connectivity index (χ2n) is 4.43. The zero-order valence-corrected chi connectivity index (χ0v) is 12.1. The number of nitrogens with one attached hydrogen (secondary N) is 1. The summed E-state index contributed by atoms with van der Waals surface area (Å²) in [4.78, 5) is 11.4. The van der Waals surface area contributed by atoms with Crippen molar-refractivity contribution < 1.29 is 29.4 Å². The van der Waals surface area contributed by atoms with E-state index in [0.717, 1.165) is 4.74 Å². The molecule has 1 aromatic carbocycles. The zero-order chi connectivity index (χ0) is 16.7. The van der Waals surface area contributed by atoms with Gasteiger partial charge in [-0.2, -0.15) is 0 Å². The molecule has 0 saturated carbocycles. The third-order valence-corrected chi connectivity index (χ3v) is 2.92. The molecule has 23 heavy (non-hydrogen) atoms. The Kier molecular flexibility index (Phi) is 5.39. The third-order valence-electron chi connectivity index (χ3n) is 2.92. The Balaban J connectivity index is 2.24. The Hall–Kier alpha value is -3.24. The standard InChI is InChI=1S/C16H15N2O5/c1-2-10-22-16(19)23-13-7-5-6-12(11-13)18(21)15-9-4-3-8-14(15)17-20/h1,3-5,7-9,11,17,20-21H,6,10H2/q+1/b18-12-. The van der Waals surface area contributed by atoms with E-state index >= 15 is 0 Å². The van der Waals surface area contributed by atoms with Crippen molar-refractivity contribution in [3.05, 3.63) is 48.3 Å². The molecule has 0 bridgehead atoms. The van der Waals surface area contributed by atoms with Crippen LogP contribution in [0.25, 0.3) is 0 Å². The highest BCUT2D eigenvalue weighted by Crippen LogP contribution is 2.24. The molecule has 0 amide bonds. The molecule has 7 heteroatoms. The molecule has 0 aliphatic heterocycles. The number of nitrogens with zero attached hydrogens (tertiary/aromatic N) is 1. The van der Waals surface area contributed by atoms with Crippen LogP contribution in [-0.2, 0) is 9.47 Å². The average Bonchev–Trinajstić information content (AvgIpc) is 2.59. The van der Waals surface area contributed by atoms with Gasteiger partial charge < -0.3 is 9.47 Å². The highest BCUT2D eigenvalue weighted by Gasteiger charge is 2.22. The van der Waals surface area contributed by atoms with E-state index < -0.39 is 6.16 Å². The van der Waals surface area contributed by atoms with E-state index in [9.17, 15) is 10.0 Å². The summed E-state index contributed by atoms with van der Waals surface area (Å²) < 4.78 is 10.5. The molecule has 0 atom stereocenters. The first kappa shape index (κ1) is 16.1. The minimum Gasteiger partial charge on any atom is -0.421 e. The summed E-state index contributed by atoms with van der Waals surface area (Å²) in [5.74, 6) is 2.35. The maximum atomic E-state index is 11.4. The molecular weight excluding hydrogens is 300 g/mol. The Bertz CT molecular complexity index is 728. The summed E-state index contributed by atoms with van der Waals surface area (Å²) in [6, 6.07) is 6.61. The zero-order valence-electron chi connectivity index (χ0n) is 12.1. The van der Waals surface area contributed by atoms with Crippen LogP contribution in [0.5, 0.6) is 0 Å². The molecule has 0 unspecified atom stereocenters. The Labute approximate surface area is 132 Å². The predicted molar refractivity (Wildman–Crippen MR) is 81.7 cm³/mol. The van der Waals surface area contributed by atoms with Crippen molar-refractivity contribution in [2.45, 2.75) is 6.42 Å². The largest absolute Gasteiger partial charge is 0.514 e. The summed E-state index contributed by atoms with van der Waals surface area (Å²) in [5, 5.41) is 19.4. The molecule has 0 spiro atoms. The number of hydrogen-bond donors (Lipinski definition) is 3. The van der Waals surface area contributed by atoms with E-state index in [0.29, 0.717) is 23.5 Å². The van der Waals surface area contributed by atoms with Crippen LogP contribution in [0, 0.1) is 12.3 Å². The van der Waals surface area contributed by atoms with E-state index in [1.807, 2.05) is 5.48 Å². The molecule has 0 saturated heterocycles. The maximum Gasteiger partial charge on any atom is 0.514 e. The highest BCUT2D eigenvalue weighted by molar-refractivity contribution is 5.95. The fourth-order valence-corrected chi connectivity index (χ4v) is 1.91. The lowest BCUT2D eigenvalue weighted by molar-refractivity contribution is -0.712. The fourth-order valence-electron chi connectivity index (χ4n) is 1.91. The molecular formula is C16H15N2O5+. The molecule has 0 radical (unpaired) electrons. The van der Waals surface area contributed by atoms with E-state index in [2.05, 4.69) is 10.7 Å². The number of anilines is 1. The number of benzene rings is 1. The van der Waals surface area contributed by atoms with Gasteiger partial charge in [0.2, 0.25) is 5.71 Å². The second kappa shape index (κ2) is 7.68. The molecule has 118 valence electrons. The minimum absolute atomic E-state index is 0.186. The second-order valence-corrected chi connectivity index (χ2v) is 4.43. The van der Waals surface area contributed by atoms with Gasteiger partial charge in [-0.15, -0.1) is 6.42 Å². The molecule has 0 aromatic heterocycles. The van der Waals surface area contributed by atoms with Crippen LogP contribution in [0.4, 0.5) is 16.2 Å². The van der Waals surface area contributed by atoms with Crippen LogP contribution in [0.2, 0.25) is 0 Å². The topological polar surface area (TPSA) is 91.0 Å². The van der Waals surface area contributed by atoms with Gasteiger partial charge >= 0.3 is 6.16 Å². The van der Waals surface area contributed by atoms with Crippen LogP contribution in [0.15, 0.2) is 48.3 Å². The summed E-state index contributed by atoms with van der Waals surface area (Å²) in [6.07, 6.45) is 9.22. The van der Waals surface area contributed by atoms with E-state index in [-0.39, 0.29) is 12.4 Å². The van der Waals surface area contributed by atoms with Crippen molar-refractivity contribution in [1.29, 1.82) is 0 Å². The fraction of sp³-hybridized carbons (Fsp3) is 0.125. The van der Waals surface area contributed by atoms with Gasteiger partial charge in [-0.05, 0) is 12.1 Å². The van der Waals surface area contributed by atoms with Crippen molar-refractivity contribution >= 4 is 23.2 Å². The van der Waals surface area contributed by atoms with Crippen LogP contribution in [0.1, 0.15) is 6.42 Å².